The third kappa shape index (κ3) is 3.72. The Hall–Kier alpha value is -2.16. The Morgan fingerprint density at radius 2 is 2.07 bits per heavy atom. The summed E-state index contributed by atoms with van der Waals surface area (Å²) in [5, 5.41) is 8.62. The summed E-state index contributed by atoms with van der Waals surface area (Å²) in [4.78, 5) is 7.17. The van der Waals surface area contributed by atoms with Crippen LogP contribution in [-0.2, 0) is 16.6 Å². The van der Waals surface area contributed by atoms with E-state index in [4.69, 9.17) is 16.4 Å². The molecule has 0 saturated carbocycles. The number of fused-ring (bicyclic) bond motifs is 1. The summed E-state index contributed by atoms with van der Waals surface area (Å²) in [5.74, 6) is 0.360. The third-order valence-corrected chi connectivity index (χ3v) is 7.17. The van der Waals surface area contributed by atoms with E-state index in [1.807, 2.05) is 18.2 Å². The van der Waals surface area contributed by atoms with E-state index in [1.54, 1.807) is 28.6 Å². The van der Waals surface area contributed by atoms with Gasteiger partial charge in [0.2, 0.25) is 10.0 Å². The number of piperidine rings is 1. The van der Waals surface area contributed by atoms with Crippen molar-refractivity contribution >= 4 is 32.7 Å². The number of rotatable bonds is 5. The smallest absolute Gasteiger partial charge is 0.243 e. The Morgan fingerprint density at radius 3 is 2.86 bits per heavy atom. The summed E-state index contributed by atoms with van der Waals surface area (Å²) < 4.78 is 27.7. The lowest BCUT2D eigenvalue weighted by molar-refractivity contribution is 0.0751. The number of hydrogen-bond donors (Lipinski definition) is 0. The molecule has 2 aromatic carbocycles. The zero-order valence-corrected chi connectivity index (χ0v) is 17.0. The number of sulfonamides is 1. The average molecular weight is 421 g/mol. The molecule has 3 aromatic rings. The molecular formula is C19H21ClN4O3S. The second-order valence-corrected chi connectivity index (χ2v) is 9.43. The van der Waals surface area contributed by atoms with Gasteiger partial charge in [-0.25, -0.2) is 8.42 Å². The van der Waals surface area contributed by atoms with Gasteiger partial charge in [0.1, 0.15) is 17.6 Å². The Balaban J connectivity index is 1.62. The van der Waals surface area contributed by atoms with Gasteiger partial charge in [-0.15, -0.1) is 5.10 Å². The number of aromatic nitrogens is 3. The number of halogens is 1. The molecule has 1 aromatic heterocycles. The van der Waals surface area contributed by atoms with Crippen LogP contribution in [0.1, 0.15) is 25.3 Å². The molecule has 9 heteroatoms. The van der Waals surface area contributed by atoms with Gasteiger partial charge in [0.25, 0.3) is 0 Å². The van der Waals surface area contributed by atoms with Gasteiger partial charge in [-0.1, -0.05) is 41.6 Å². The lowest BCUT2D eigenvalue weighted by Crippen LogP contribution is -2.39. The van der Waals surface area contributed by atoms with Gasteiger partial charge in [0.15, 0.2) is 0 Å². The maximum atomic E-state index is 13.1. The maximum Gasteiger partial charge on any atom is 0.243 e. The molecule has 1 aliphatic heterocycles. The lowest BCUT2D eigenvalue weighted by atomic mass is 10.0. The van der Waals surface area contributed by atoms with Crippen LogP contribution in [0, 0.1) is 5.92 Å². The molecule has 7 nitrogen and oxygen atoms in total. The molecule has 0 bridgehead atoms. The first-order chi connectivity index (χ1) is 13.4. The fourth-order valence-corrected chi connectivity index (χ4v) is 5.20. The highest BCUT2D eigenvalue weighted by atomic mass is 35.5. The van der Waals surface area contributed by atoms with E-state index < -0.39 is 10.0 Å². The van der Waals surface area contributed by atoms with Gasteiger partial charge in [-0.05, 0) is 48.2 Å². The molecule has 0 amide bonds. The van der Waals surface area contributed by atoms with E-state index in [0.717, 1.165) is 18.4 Å². The normalized spacial score (nSPS) is 18.4. The fourth-order valence-electron chi connectivity index (χ4n) is 3.39. The zero-order chi connectivity index (χ0) is 19.7. The van der Waals surface area contributed by atoms with Crippen LogP contribution in [0.15, 0.2) is 47.4 Å². The Labute approximate surface area is 168 Å². The molecular weight excluding hydrogens is 400 g/mol. The van der Waals surface area contributed by atoms with Crippen LogP contribution < -0.4 is 4.84 Å². The maximum absolute atomic E-state index is 13.1. The molecule has 148 valence electrons. The molecule has 1 unspecified atom stereocenters. The van der Waals surface area contributed by atoms with Crippen LogP contribution in [0.3, 0.4) is 0 Å². The van der Waals surface area contributed by atoms with Gasteiger partial charge in [0.05, 0.1) is 4.90 Å². The second-order valence-electron chi connectivity index (χ2n) is 7.09. The first-order valence-corrected chi connectivity index (χ1v) is 11.0. The SMILES string of the molecule is CC1CCCN(S(=O)(=O)c2ccc3nnn(OCc4ccccc4Cl)c3c2)C1. The number of nitrogens with zero attached hydrogens (tertiary/aromatic N) is 4. The minimum Gasteiger partial charge on any atom is -0.390 e. The van der Waals surface area contributed by atoms with Crippen LogP contribution in [0.4, 0.5) is 0 Å². The minimum atomic E-state index is -3.57. The van der Waals surface area contributed by atoms with E-state index in [9.17, 15) is 8.42 Å². The summed E-state index contributed by atoms with van der Waals surface area (Å²) in [6, 6.07) is 12.1. The molecule has 28 heavy (non-hydrogen) atoms. The quantitative estimate of drug-likeness (QED) is 0.633. The van der Waals surface area contributed by atoms with Crippen LogP contribution in [-0.4, -0.2) is 41.0 Å². The summed E-state index contributed by atoms with van der Waals surface area (Å²) in [5.41, 5.74) is 1.86. The van der Waals surface area contributed by atoms with Crippen LogP contribution in [0.2, 0.25) is 5.02 Å². The molecule has 0 aliphatic carbocycles. The largest absolute Gasteiger partial charge is 0.390 e. The van der Waals surface area contributed by atoms with Crippen molar-refractivity contribution in [3.63, 3.8) is 0 Å². The van der Waals surface area contributed by atoms with E-state index in [1.165, 1.54) is 4.85 Å². The van der Waals surface area contributed by atoms with Crippen LogP contribution in [0.5, 0.6) is 0 Å². The molecule has 0 N–H and O–H groups in total. The van der Waals surface area contributed by atoms with Crippen molar-refractivity contribution in [1.29, 1.82) is 0 Å². The highest BCUT2D eigenvalue weighted by Gasteiger charge is 2.29. The molecule has 4 rings (SSSR count). The highest BCUT2D eigenvalue weighted by Crippen LogP contribution is 2.25. The topological polar surface area (TPSA) is 77.3 Å². The molecule has 1 fully saturated rings. The summed E-state index contributed by atoms with van der Waals surface area (Å²) in [6.45, 7) is 3.36. The van der Waals surface area contributed by atoms with Crippen molar-refractivity contribution in [3.8, 4) is 0 Å². The molecule has 1 atom stereocenters. The molecule has 1 aliphatic rings. The van der Waals surface area contributed by atoms with Crippen molar-refractivity contribution in [3.05, 3.63) is 53.1 Å². The number of benzene rings is 2. The van der Waals surface area contributed by atoms with Crippen LogP contribution in [0.25, 0.3) is 11.0 Å². The predicted octanol–water partition coefficient (Wildman–Crippen LogP) is 3.13. The highest BCUT2D eigenvalue weighted by molar-refractivity contribution is 7.89. The molecule has 1 saturated heterocycles. The molecule has 0 radical (unpaired) electrons. The van der Waals surface area contributed by atoms with Gasteiger partial charge in [-0.2, -0.15) is 4.31 Å². The van der Waals surface area contributed by atoms with E-state index in [0.29, 0.717) is 35.1 Å². The van der Waals surface area contributed by atoms with Gasteiger partial charge < -0.3 is 4.84 Å². The van der Waals surface area contributed by atoms with Gasteiger partial charge in [0, 0.05) is 23.7 Å². The van der Waals surface area contributed by atoms with E-state index in [2.05, 4.69) is 17.2 Å². The zero-order valence-electron chi connectivity index (χ0n) is 15.5. The van der Waals surface area contributed by atoms with Gasteiger partial charge in [-0.3, -0.25) is 0 Å². The monoisotopic (exact) mass is 420 g/mol. The van der Waals surface area contributed by atoms with Gasteiger partial charge >= 0.3 is 0 Å². The average Bonchev–Trinajstić information content (AvgIpc) is 3.10. The first kappa shape index (κ1) is 19.2. The van der Waals surface area contributed by atoms with Crippen molar-refractivity contribution in [1.82, 2.24) is 19.5 Å². The van der Waals surface area contributed by atoms with Crippen molar-refractivity contribution < 1.29 is 13.3 Å². The number of hydrogen-bond acceptors (Lipinski definition) is 5. The summed E-state index contributed by atoms with van der Waals surface area (Å²) in [6.07, 6.45) is 1.93. The van der Waals surface area contributed by atoms with E-state index in [-0.39, 0.29) is 11.5 Å². The second kappa shape index (κ2) is 7.69. The minimum absolute atomic E-state index is 0.193. The standard InChI is InChI=1S/C19H21ClN4O3S/c1-14-5-4-10-23(12-14)28(25,26)16-8-9-18-19(11-16)24(22-21-18)27-13-15-6-2-3-7-17(15)20/h2-3,6-9,11,14H,4-5,10,12-13H2,1H3. The summed E-state index contributed by atoms with van der Waals surface area (Å²) in [7, 11) is -3.57. The fraction of sp³-hybridized carbons (Fsp3) is 0.368. The molecule has 2 heterocycles. The van der Waals surface area contributed by atoms with Crippen molar-refractivity contribution in [2.24, 2.45) is 5.92 Å². The third-order valence-electron chi connectivity index (χ3n) is 4.94. The Kier molecular flexibility index (Phi) is 5.27. The van der Waals surface area contributed by atoms with Crippen LogP contribution >= 0.6 is 11.6 Å². The van der Waals surface area contributed by atoms with Crippen molar-refractivity contribution in [2.45, 2.75) is 31.3 Å². The Bertz CT molecular complexity index is 1100. The first-order valence-electron chi connectivity index (χ1n) is 9.17. The lowest BCUT2D eigenvalue weighted by Gasteiger charge is -2.30. The molecule has 0 spiro atoms. The predicted molar refractivity (Wildman–Crippen MR) is 106 cm³/mol. The van der Waals surface area contributed by atoms with Crippen molar-refractivity contribution in [2.75, 3.05) is 13.1 Å². The van der Waals surface area contributed by atoms with E-state index >= 15 is 0 Å². The summed E-state index contributed by atoms with van der Waals surface area (Å²) >= 11 is 6.16. The Morgan fingerprint density at radius 1 is 1.25 bits per heavy atom.